The molecule has 1 aliphatic rings. The molecule has 1 aliphatic heterocycles. The average Bonchev–Trinajstić information content (AvgIpc) is 2.69. The van der Waals surface area contributed by atoms with Gasteiger partial charge in [-0.15, -0.1) is 0 Å². The fraction of sp³-hybridized carbons (Fsp3) is 0.312. The molecule has 1 aromatic rings. The van der Waals surface area contributed by atoms with Crippen LogP contribution in [0.25, 0.3) is 6.08 Å². The van der Waals surface area contributed by atoms with E-state index in [1.54, 1.807) is 39.0 Å². The third-order valence-corrected chi connectivity index (χ3v) is 4.47. The lowest BCUT2D eigenvalue weighted by Gasteiger charge is -2.21. The minimum atomic E-state index is -0.686. The fourth-order valence-electron chi connectivity index (χ4n) is 1.89. The Kier molecular flexibility index (Phi) is 5.63. The van der Waals surface area contributed by atoms with Crippen molar-refractivity contribution >= 4 is 58.2 Å². The summed E-state index contributed by atoms with van der Waals surface area (Å²) in [7, 11) is 0. The molecule has 1 aromatic carbocycles. The minimum Gasteiger partial charge on any atom is -0.459 e. The van der Waals surface area contributed by atoms with Crippen LogP contribution in [0.1, 0.15) is 26.3 Å². The van der Waals surface area contributed by atoms with E-state index in [9.17, 15) is 14.4 Å². The number of amides is 2. The number of rotatable bonds is 3. The molecule has 2 amide bonds. The highest BCUT2D eigenvalue weighted by atomic mass is 35.5. The van der Waals surface area contributed by atoms with Gasteiger partial charge < -0.3 is 4.74 Å². The summed E-state index contributed by atoms with van der Waals surface area (Å²) in [6.45, 7) is 4.72. The van der Waals surface area contributed by atoms with E-state index in [4.69, 9.17) is 27.9 Å². The highest BCUT2D eigenvalue weighted by Crippen LogP contribution is 2.33. The van der Waals surface area contributed by atoms with Crippen LogP contribution in [0.2, 0.25) is 10.0 Å². The molecule has 2 rings (SSSR count). The third kappa shape index (κ3) is 4.75. The maximum atomic E-state index is 12.3. The standard InChI is InChI=1S/C16H15Cl2NO4S/c1-16(2,3)23-13(20)8-19-14(21)12(24-15(19)22)7-9-4-5-10(17)11(18)6-9/h4-7H,8H2,1-3H3/b12-7-. The van der Waals surface area contributed by atoms with Crippen LogP contribution in [0.5, 0.6) is 0 Å². The van der Waals surface area contributed by atoms with Gasteiger partial charge in [-0.05, 0) is 56.3 Å². The molecule has 0 spiro atoms. The predicted molar refractivity (Wildman–Crippen MR) is 95.0 cm³/mol. The smallest absolute Gasteiger partial charge is 0.326 e. The highest BCUT2D eigenvalue weighted by molar-refractivity contribution is 8.18. The summed E-state index contributed by atoms with van der Waals surface area (Å²) in [6.07, 6.45) is 1.53. The van der Waals surface area contributed by atoms with Crippen LogP contribution in [-0.2, 0) is 14.3 Å². The molecule has 0 bridgehead atoms. The van der Waals surface area contributed by atoms with Crippen LogP contribution in [0.3, 0.4) is 0 Å². The van der Waals surface area contributed by atoms with Crippen molar-refractivity contribution in [1.82, 2.24) is 4.90 Å². The van der Waals surface area contributed by atoms with Crippen molar-refractivity contribution in [3.63, 3.8) is 0 Å². The molecular formula is C16H15Cl2NO4S. The lowest BCUT2D eigenvalue weighted by molar-refractivity contribution is -0.156. The summed E-state index contributed by atoms with van der Waals surface area (Å²) in [5.74, 6) is -1.18. The van der Waals surface area contributed by atoms with Crippen LogP contribution in [0.15, 0.2) is 23.1 Å². The molecule has 0 aliphatic carbocycles. The van der Waals surface area contributed by atoms with Crippen LogP contribution in [-0.4, -0.2) is 34.2 Å². The van der Waals surface area contributed by atoms with Gasteiger partial charge in [-0.25, -0.2) is 0 Å². The Morgan fingerprint density at radius 1 is 1.25 bits per heavy atom. The second kappa shape index (κ2) is 7.17. The molecule has 0 unspecified atom stereocenters. The molecule has 0 aromatic heterocycles. The second-order valence-electron chi connectivity index (χ2n) is 6.03. The minimum absolute atomic E-state index is 0.210. The molecule has 128 valence electrons. The number of halogens is 2. The van der Waals surface area contributed by atoms with Crippen LogP contribution in [0.4, 0.5) is 4.79 Å². The number of imide groups is 1. The van der Waals surface area contributed by atoms with Gasteiger partial charge in [0.1, 0.15) is 12.1 Å². The van der Waals surface area contributed by atoms with Crippen molar-refractivity contribution in [2.24, 2.45) is 0 Å². The second-order valence-corrected chi connectivity index (χ2v) is 7.84. The Morgan fingerprint density at radius 2 is 1.92 bits per heavy atom. The zero-order chi connectivity index (χ0) is 18.1. The molecular weight excluding hydrogens is 373 g/mol. The molecule has 24 heavy (non-hydrogen) atoms. The van der Waals surface area contributed by atoms with E-state index >= 15 is 0 Å². The Labute approximate surface area is 153 Å². The SMILES string of the molecule is CC(C)(C)OC(=O)CN1C(=O)S/C(=C\c2ccc(Cl)c(Cl)c2)C1=O. The topological polar surface area (TPSA) is 63.7 Å². The van der Waals surface area contributed by atoms with Crippen molar-refractivity contribution in [2.45, 2.75) is 26.4 Å². The summed E-state index contributed by atoms with van der Waals surface area (Å²) in [4.78, 5) is 37.2. The van der Waals surface area contributed by atoms with Crippen molar-refractivity contribution < 1.29 is 19.1 Å². The van der Waals surface area contributed by atoms with E-state index in [-0.39, 0.29) is 4.91 Å². The van der Waals surface area contributed by atoms with Gasteiger partial charge in [0.15, 0.2) is 0 Å². The molecule has 5 nitrogen and oxygen atoms in total. The largest absolute Gasteiger partial charge is 0.459 e. The van der Waals surface area contributed by atoms with Crippen molar-refractivity contribution in [2.75, 3.05) is 6.54 Å². The Bertz CT molecular complexity index is 740. The van der Waals surface area contributed by atoms with E-state index in [1.807, 2.05) is 0 Å². The van der Waals surface area contributed by atoms with E-state index in [0.29, 0.717) is 15.6 Å². The zero-order valence-corrected chi connectivity index (χ0v) is 15.6. The van der Waals surface area contributed by atoms with Crippen molar-refractivity contribution in [3.05, 3.63) is 38.7 Å². The van der Waals surface area contributed by atoms with Gasteiger partial charge in [0, 0.05) is 0 Å². The quantitative estimate of drug-likeness (QED) is 0.568. The van der Waals surface area contributed by atoms with Crippen LogP contribution >= 0.6 is 35.0 Å². The number of thioether (sulfide) groups is 1. The Morgan fingerprint density at radius 3 is 2.50 bits per heavy atom. The first-order valence-corrected chi connectivity index (χ1v) is 8.56. The van der Waals surface area contributed by atoms with E-state index < -0.39 is 29.3 Å². The van der Waals surface area contributed by atoms with Gasteiger partial charge in [-0.3, -0.25) is 19.3 Å². The lowest BCUT2D eigenvalue weighted by Crippen LogP contribution is -2.37. The summed E-state index contributed by atoms with van der Waals surface area (Å²) in [5.41, 5.74) is -0.0541. The summed E-state index contributed by atoms with van der Waals surface area (Å²) >= 11 is 12.5. The molecule has 0 saturated carbocycles. The van der Waals surface area contributed by atoms with Gasteiger partial charge in [-0.2, -0.15) is 0 Å². The van der Waals surface area contributed by atoms with E-state index in [2.05, 4.69) is 0 Å². The molecule has 1 saturated heterocycles. The molecule has 8 heteroatoms. The molecule has 0 radical (unpaired) electrons. The number of ether oxygens (including phenoxy) is 1. The van der Waals surface area contributed by atoms with E-state index in [1.165, 1.54) is 6.08 Å². The van der Waals surface area contributed by atoms with E-state index in [0.717, 1.165) is 16.7 Å². The number of hydrogen-bond acceptors (Lipinski definition) is 5. The number of benzene rings is 1. The molecule has 0 N–H and O–H groups in total. The normalized spacial score (nSPS) is 16.9. The van der Waals surface area contributed by atoms with Crippen LogP contribution in [0, 0.1) is 0 Å². The molecule has 1 heterocycles. The Balaban J connectivity index is 2.14. The van der Waals surface area contributed by atoms with Crippen molar-refractivity contribution in [3.8, 4) is 0 Å². The average molecular weight is 388 g/mol. The highest BCUT2D eigenvalue weighted by Gasteiger charge is 2.37. The first-order chi connectivity index (χ1) is 11.1. The van der Waals surface area contributed by atoms with Crippen LogP contribution < -0.4 is 0 Å². The first kappa shape index (κ1) is 18.8. The van der Waals surface area contributed by atoms with Gasteiger partial charge in [-0.1, -0.05) is 29.3 Å². The summed E-state index contributed by atoms with van der Waals surface area (Å²) < 4.78 is 5.13. The Hall–Kier alpha value is -1.50. The summed E-state index contributed by atoms with van der Waals surface area (Å²) in [6, 6.07) is 4.86. The van der Waals surface area contributed by atoms with Crippen molar-refractivity contribution in [1.29, 1.82) is 0 Å². The predicted octanol–water partition coefficient (Wildman–Crippen LogP) is 4.37. The van der Waals surface area contributed by atoms with Gasteiger partial charge in [0.2, 0.25) is 0 Å². The lowest BCUT2D eigenvalue weighted by atomic mass is 10.2. The third-order valence-electron chi connectivity index (χ3n) is 2.82. The maximum Gasteiger partial charge on any atom is 0.326 e. The van der Waals surface area contributed by atoms with Gasteiger partial charge in [0.05, 0.1) is 15.0 Å². The first-order valence-electron chi connectivity index (χ1n) is 6.99. The maximum absolute atomic E-state index is 12.3. The number of carbonyl (C=O) groups is 3. The number of carbonyl (C=O) groups excluding carboxylic acids is 3. The zero-order valence-electron chi connectivity index (χ0n) is 13.3. The monoisotopic (exact) mass is 387 g/mol. The fourth-order valence-corrected chi connectivity index (χ4v) is 3.04. The van der Waals surface area contributed by atoms with Gasteiger partial charge >= 0.3 is 5.97 Å². The summed E-state index contributed by atoms with van der Waals surface area (Å²) in [5, 5.41) is 0.224. The number of hydrogen-bond donors (Lipinski definition) is 0. The number of esters is 1. The van der Waals surface area contributed by atoms with Gasteiger partial charge in [0.25, 0.3) is 11.1 Å². The number of nitrogens with zero attached hydrogens (tertiary/aromatic N) is 1. The molecule has 1 fully saturated rings. The molecule has 0 atom stereocenters.